The number of methoxy groups -OCH3 is 1. The van der Waals surface area contributed by atoms with Crippen LogP contribution in [0.4, 0.5) is 4.79 Å². The molecule has 0 spiro atoms. The predicted molar refractivity (Wildman–Crippen MR) is 81.9 cm³/mol. The van der Waals surface area contributed by atoms with E-state index < -0.39 is 18.1 Å². The van der Waals surface area contributed by atoms with Crippen LogP contribution in [-0.2, 0) is 9.53 Å². The van der Waals surface area contributed by atoms with Crippen LogP contribution in [0.2, 0.25) is 0 Å². The van der Waals surface area contributed by atoms with Gasteiger partial charge in [-0.05, 0) is 31.5 Å². The van der Waals surface area contributed by atoms with Crippen LogP contribution in [-0.4, -0.2) is 41.8 Å². The van der Waals surface area contributed by atoms with Crippen LogP contribution in [0, 0.1) is 0 Å². The van der Waals surface area contributed by atoms with E-state index >= 15 is 0 Å². The minimum Gasteiger partial charge on any atom is -0.497 e. The predicted octanol–water partition coefficient (Wildman–Crippen LogP) is 2.85. The van der Waals surface area contributed by atoms with Crippen LogP contribution < -0.4 is 4.74 Å². The molecule has 1 unspecified atom stereocenters. The summed E-state index contributed by atoms with van der Waals surface area (Å²) in [5, 5.41) is 9.55. The monoisotopic (exact) mass is 307 g/mol. The van der Waals surface area contributed by atoms with Crippen molar-refractivity contribution in [1.29, 1.82) is 0 Å². The molecule has 0 saturated carbocycles. The molecular formula is C16H21NO5. The van der Waals surface area contributed by atoms with Crippen LogP contribution in [0.25, 0.3) is 0 Å². The van der Waals surface area contributed by atoms with Crippen LogP contribution in [0.15, 0.2) is 36.9 Å². The number of carboxylic acid groups (broad SMARTS) is 1. The molecule has 6 heteroatoms. The third kappa shape index (κ3) is 4.25. The Morgan fingerprint density at radius 3 is 2.32 bits per heavy atom. The number of hydrogen-bond acceptors (Lipinski definition) is 4. The molecule has 1 aromatic rings. The Balaban J connectivity index is 3.15. The fraction of sp³-hybridized carbons (Fsp3) is 0.375. The van der Waals surface area contributed by atoms with Crippen molar-refractivity contribution >= 4 is 12.1 Å². The number of hydrogen-bond donors (Lipinski definition) is 1. The van der Waals surface area contributed by atoms with E-state index in [1.54, 1.807) is 38.1 Å². The third-order valence-corrected chi connectivity index (χ3v) is 3.04. The number of nitrogens with zero attached hydrogens (tertiary/aromatic N) is 1. The van der Waals surface area contributed by atoms with Crippen molar-refractivity contribution in [2.45, 2.75) is 25.9 Å². The Morgan fingerprint density at radius 1 is 1.32 bits per heavy atom. The molecule has 6 nitrogen and oxygen atoms in total. The van der Waals surface area contributed by atoms with Crippen LogP contribution in [0.1, 0.15) is 25.5 Å². The van der Waals surface area contributed by atoms with Gasteiger partial charge in [0.05, 0.1) is 7.11 Å². The summed E-state index contributed by atoms with van der Waals surface area (Å²) in [5.74, 6) is -0.521. The molecule has 0 saturated heterocycles. The quantitative estimate of drug-likeness (QED) is 0.784. The van der Waals surface area contributed by atoms with Crippen molar-refractivity contribution in [3.05, 3.63) is 42.5 Å². The minimum atomic E-state index is -1.14. The SMILES string of the molecule is C=CCOC(=O)N(C(C)C)C(C(=O)O)c1ccc(OC)cc1. The van der Waals surface area contributed by atoms with Crippen molar-refractivity contribution in [3.63, 3.8) is 0 Å². The molecule has 1 N–H and O–H groups in total. The number of aliphatic carboxylic acids is 1. The second kappa shape index (κ2) is 8.07. The molecule has 0 heterocycles. The average Bonchev–Trinajstić information content (AvgIpc) is 2.49. The lowest BCUT2D eigenvalue weighted by Crippen LogP contribution is -2.43. The van der Waals surface area contributed by atoms with Gasteiger partial charge in [-0.25, -0.2) is 9.59 Å². The molecule has 1 amide bonds. The Bertz CT molecular complexity index is 524. The van der Waals surface area contributed by atoms with Crippen molar-refractivity contribution < 1.29 is 24.2 Å². The highest BCUT2D eigenvalue weighted by Crippen LogP contribution is 2.26. The smallest absolute Gasteiger partial charge is 0.411 e. The number of carboxylic acids is 1. The molecule has 0 aliphatic heterocycles. The minimum absolute atomic E-state index is 0.0248. The first-order valence-electron chi connectivity index (χ1n) is 6.85. The van der Waals surface area contributed by atoms with Gasteiger partial charge in [-0.2, -0.15) is 0 Å². The number of carbonyl (C=O) groups excluding carboxylic acids is 1. The second-order valence-corrected chi connectivity index (χ2v) is 4.88. The maximum absolute atomic E-state index is 12.2. The van der Waals surface area contributed by atoms with Crippen molar-refractivity contribution in [1.82, 2.24) is 4.90 Å². The molecule has 1 atom stereocenters. The van der Waals surface area contributed by atoms with Gasteiger partial charge in [0.1, 0.15) is 12.4 Å². The summed E-state index contributed by atoms with van der Waals surface area (Å²) in [6.07, 6.45) is 0.734. The highest BCUT2D eigenvalue weighted by Gasteiger charge is 2.34. The van der Waals surface area contributed by atoms with E-state index in [0.717, 1.165) is 0 Å². The van der Waals surface area contributed by atoms with E-state index in [2.05, 4.69) is 6.58 Å². The van der Waals surface area contributed by atoms with Crippen molar-refractivity contribution in [2.24, 2.45) is 0 Å². The zero-order valence-electron chi connectivity index (χ0n) is 13.0. The Labute approximate surface area is 129 Å². The van der Waals surface area contributed by atoms with Gasteiger partial charge < -0.3 is 14.6 Å². The maximum Gasteiger partial charge on any atom is 0.411 e. The molecular weight excluding hydrogens is 286 g/mol. The Morgan fingerprint density at radius 2 is 1.91 bits per heavy atom. The molecule has 22 heavy (non-hydrogen) atoms. The number of carbonyl (C=O) groups is 2. The fourth-order valence-corrected chi connectivity index (χ4v) is 2.03. The molecule has 0 bridgehead atoms. The summed E-state index contributed by atoms with van der Waals surface area (Å²) in [6.45, 7) is 6.95. The van der Waals surface area contributed by atoms with Crippen molar-refractivity contribution in [3.8, 4) is 5.75 Å². The van der Waals surface area contributed by atoms with Gasteiger partial charge in [0, 0.05) is 6.04 Å². The van der Waals surface area contributed by atoms with Gasteiger partial charge in [0.2, 0.25) is 0 Å². The third-order valence-electron chi connectivity index (χ3n) is 3.04. The molecule has 1 rings (SSSR count). The van der Waals surface area contributed by atoms with Gasteiger partial charge in [-0.3, -0.25) is 4.90 Å². The van der Waals surface area contributed by atoms with E-state index in [9.17, 15) is 14.7 Å². The van der Waals surface area contributed by atoms with Crippen LogP contribution in [0.5, 0.6) is 5.75 Å². The molecule has 0 aliphatic rings. The highest BCUT2D eigenvalue weighted by molar-refractivity contribution is 5.81. The van der Waals surface area contributed by atoms with Gasteiger partial charge in [0.25, 0.3) is 0 Å². The van der Waals surface area contributed by atoms with E-state index in [1.807, 2.05) is 0 Å². The zero-order valence-corrected chi connectivity index (χ0v) is 13.0. The first-order valence-corrected chi connectivity index (χ1v) is 6.85. The van der Waals surface area contributed by atoms with Crippen LogP contribution in [0.3, 0.4) is 0 Å². The van der Waals surface area contributed by atoms with E-state index in [4.69, 9.17) is 9.47 Å². The van der Waals surface area contributed by atoms with E-state index in [0.29, 0.717) is 11.3 Å². The van der Waals surface area contributed by atoms with E-state index in [-0.39, 0.29) is 12.6 Å². The van der Waals surface area contributed by atoms with Gasteiger partial charge in [-0.15, -0.1) is 0 Å². The second-order valence-electron chi connectivity index (χ2n) is 4.88. The Hall–Kier alpha value is -2.50. The van der Waals surface area contributed by atoms with E-state index in [1.165, 1.54) is 18.1 Å². The normalized spacial score (nSPS) is 11.6. The first kappa shape index (κ1) is 17.6. The summed E-state index contributed by atoms with van der Waals surface area (Å²) in [7, 11) is 1.52. The average molecular weight is 307 g/mol. The van der Waals surface area contributed by atoms with Crippen molar-refractivity contribution in [2.75, 3.05) is 13.7 Å². The summed E-state index contributed by atoms with van der Waals surface area (Å²) in [4.78, 5) is 25.0. The number of amides is 1. The number of ether oxygens (including phenoxy) is 2. The van der Waals surface area contributed by atoms with Gasteiger partial charge >= 0.3 is 12.1 Å². The molecule has 0 aromatic heterocycles. The Kier molecular flexibility index (Phi) is 6.44. The summed E-state index contributed by atoms with van der Waals surface area (Å²) < 4.78 is 10.0. The molecule has 0 radical (unpaired) electrons. The van der Waals surface area contributed by atoms with Gasteiger partial charge in [0.15, 0.2) is 6.04 Å². The lowest BCUT2D eigenvalue weighted by molar-refractivity contribution is -0.143. The summed E-state index contributed by atoms with van der Waals surface area (Å²) in [6, 6.07) is 5.06. The zero-order chi connectivity index (χ0) is 16.7. The lowest BCUT2D eigenvalue weighted by atomic mass is 10.0. The lowest BCUT2D eigenvalue weighted by Gasteiger charge is -2.31. The highest BCUT2D eigenvalue weighted by atomic mass is 16.6. The molecule has 1 aromatic carbocycles. The topological polar surface area (TPSA) is 76.1 Å². The fourth-order valence-electron chi connectivity index (χ4n) is 2.03. The maximum atomic E-state index is 12.2. The first-order chi connectivity index (χ1) is 10.4. The number of benzene rings is 1. The summed E-state index contributed by atoms with van der Waals surface area (Å²) >= 11 is 0. The number of rotatable bonds is 7. The standard InChI is InChI=1S/C16H21NO5/c1-5-10-22-16(20)17(11(2)3)14(15(18)19)12-6-8-13(21-4)9-7-12/h5-9,11,14H,1,10H2,2-4H3,(H,18,19). The van der Waals surface area contributed by atoms with Crippen LogP contribution >= 0.6 is 0 Å². The molecule has 120 valence electrons. The molecule has 0 aliphatic carbocycles. The summed E-state index contributed by atoms with van der Waals surface area (Å²) in [5.41, 5.74) is 0.470. The van der Waals surface area contributed by atoms with Gasteiger partial charge in [-0.1, -0.05) is 24.8 Å². The molecule has 0 fully saturated rings. The largest absolute Gasteiger partial charge is 0.497 e.